The molecule has 0 bridgehead atoms. The van der Waals surface area contributed by atoms with Crippen LogP contribution in [0.4, 0.5) is 5.69 Å². The van der Waals surface area contributed by atoms with Gasteiger partial charge in [-0.1, -0.05) is 53.0 Å². The smallest absolute Gasteiger partial charge is 0.224 e. The van der Waals surface area contributed by atoms with E-state index >= 15 is 0 Å². The van der Waals surface area contributed by atoms with Gasteiger partial charge < -0.3 is 4.90 Å². The molecule has 1 atom stereocenters. The maximum Gasteiger partial charge on any atom is 0.224 e. The Balaban J connectivity index is 0.00000108. The summed E-state index contributed by atoms with van der Waals surface area (Å²) >= 11 is 0. The summed E-state index contributed by atoms with van der Waals surface area (Å²) in [6, 6.07) is 6.61. The van der Waals surface area contributed by atoms with Crippen molar-refractivity contribution >= 4 is 11.6 Å². The molecule has 0 aromatic heterocycles. The van der Waals surface area contributed by atoms with Gasteiger partial charge in [0.05, 0.1) is 0 Å². The molecular weight excluding hydrogens is 282 g/mol. The number of hydrogen-bond donors (Lipinski definition) is 0. The molecule has 0 radical (unpaired) electrons. The van der Waals surface area contributed by atoms with Crippen LogP contribution < -0.4 is 4.90 Å². The summed E-state index contributed by atoms with van der Waals surface area (Å²) in [4.78, 5) is 13.9. The molecule has 2 heteroatoms. The topological polar surface area (TPSA) is 20.3 Å². The third-order valence-corrected chi connectivity index (χ3v) is 3.49. The molecule has 0 aliphatic rings. The van der Waals surface area contributed by atoms with Crippen LogP contribution in [0.3, 0.4) is 0 Å². The zero-order valence-corrected chi connectivity index (χ0v) is 16.6. The Morgan fingerprint density at radius 1 is 1.00 bits per heavy atom. The van der Waals surface area contributed by atoms with Crippen LogP contribution in [0.15, 0.2) is 18.2 Å². The number of carbonyl (C=O) groups excluding carboxylic acids is 1. The molecule has 0 saturated heterocycles. The van der Waals surface area contributed by atoms with E-state index in [0.717, 1.165) is 18.0 Å². The van der Waals surface area contributed by atoms with E-state index in [1.165, 1.54) is 30.4 Å². The average Bonchev–Trinajstić information content (AvgIpc) is 2.36. The Bertz CT molecular complexity index is 442. The molecule has 0 aliphatic heterocycles. The minimum absolute atomic E-state index is 0.133. The van der Waals surface area contributed by atoms with Gasteiger partial charge in [0.1, 0.15) is 0 Å². The SMILES string of the molecule is CC(C)C.CCCCCC(C)N(C(C)=O)c1cc(C)cc(C)c1. The zero-order valence-electron chi connectivity index (χ0n) is 16.6. The van der Waals surface area contributed by atoms with Crippen molar-refractivity contribution in [3.05, 3.63) is 29.3 Å². The van der Waals surface area contributed by atoms with Crippen molar-refractivity contribution in [2.75, 3.05) is 4.90 Å². The molecule has 1 aromatic rings. The van der Waals surface area contributed by atoms with Crippen molar-refractivity contribution in [3.63, 3.8) is 0 Å². The van der Waals surface area contributed by atoms with E-state index in [1.807, 2.05) is 4.90 Å². The van der Waals surface area contributed by atoms with Crippen molar-refractivity contribution in [2.24, 2.45) is 5.92 Å². The maximum absolute atomic E-state index is 12.0. The third-order valence-electron chi connectivity index (χ3n) is 3.49. The minimum Gasteiger partial charge on any atom is -0.310 e. The van der Waals surface area contributed by atoms with E-state index in [-0.39, 0.29) is 11.9 Å². The van der Waals surface area contributed by atoms with E-state index in [0.29, 0.717) is 0 Å². The van der Waals surface area contributed by atoms with Crippen LogP contribution in [0.1, 0.15) is 78.4 Å². The van der Waals surface area contributed by atoms with Crippen LogP contribution in [-0.2, 0) is 4.79 Å². The van der Waals surface area contributed by atoms with Gasteiger partial charge in [0.2, 0.25) is 5.91 Å². The predicted molar refractivity (Wildman–Crippen MR) is 103 cm³/mol. The molecule has 1 aromatic carbocycles. The fraction of sp³-hybridized carbons (Fsp3) is 0.667. The fourth-order valence-electron chi connectivity index (χ4n) is 2.66. The molecule has 0 fully saturated rings. The highest BCUT2D eigenvalue weighted by Crippen LogP contribution is 2.23. The number of benzene rings is 1. The lowest BCUT2D eigenvalue weighted by Gasteiger charge is -2.29. The van der Waals surface area contributed by atoms with E-state index in [2.05, 4.69) is 66.7 Å². The summed E-state index contributed by atoms with van der Waals surface area (Å²) in [6.45, 7) is 16.7. The van der Waals surface area contributed by atoms with Crippen LogP contribution in [-0.4, -0.2) is 11.9 Å². The summed E-state index contributed by atoms with van der Waals surface area (Å²) in [5, 5.41) is 0. The molecule has 0 heterocycles. The highest BCUT2D eigenvalue weighted by molar-refractivity contribution is 5.92. The van der Waals surface area contributed by atoms with Gasteiger partial charge in [0, 0.05) is 18.7 Å². The van der Waals surface area contributed by atoms with Gasteiger partial charge in [-0.15, -0.1) is 0 Å². The molecule has 1 unspecified atom stereocenters. The van der Waals surface area contributed by atoms with Gasteiger partial charge in [0.25, 0.3) is 0 Å². The molecule has 1 rings (SSSR count). The number of hydrogen-bond acceptors (Lipinski definition) is 1. The second-order valence-electron chi connectivity index (χ2n) is 7.31. The van der Waals surface area contributed by atoms with E-state index < -0.39 is 0 Å². The number of unbranched alkanes of at least 4 members (excludes halogenated alkanes) is 2. The maximum atomic E-state index is 12.0. The molecule has 2 nitrogen and oxygen atoms in total. The second-order valence-corrected chi connectivity index (χ2v) is 7.31. The molecule has 0 aliphatic carbocycles. The number of nitrogens with zero attached hydrogens (tertiary/aromatic N) is 1. The zero-order chi connectivity index (χ0) is 18.0. The predicted octanol–water partition coefficient (Wildman–Crippen LogP) is 6.29. The molecule has 1 amide bonds. The van der Waals surface area contributed by atoms with Crippen LogP contribution in [0.5, 0.6) is 0 Å². The van der Waals surface area contributed by atoms with Crippen LogP contribution in [0.2, 0.25) is 0 Å². The van der Waals surface area contributed by atoms with Crippen molar-refractivity contribution in [1.82, 2.24) is 0 Å². The Kier molecular flexibility index (Phi) is 10.6. The van der Waals surface area contributed by atoms with E-state index in [1.54, 1.807) is 6.92 Å². The van der Waals surface area contributed by atoms with E-state index in [9.17, 15) is 4.79 Å². The summed E-state index contributed by atoms with van der Waals surface area (Å²) in [7, 11) is 0. The first-order valence-electron chi connectivity index (χ1n) is 9.07. The monoisotopic (exact) mass is 319 g/mol. The van der Waals surface area contributed by atoms with Gasteiger partial charge in [-0.3, -0.25) is 4.79 Å². The number of rotatable bonds is 6. The lowest BCUT2D eigenvalue weighted by molar-refractivity contribution is -0.117. The van der Waals surface area contributed by atoms with Gasteiger partial charge in [0.15, 0.2) is 0 Å². The molecule has 0 spiro atoms. The minimum atomic E-state index is 0.133. The first-order chi connectivity index (χ1) is 10.7. The number of amides is 1. The highest BCUT2D eigenvalue weighted by atomic mass is 16.2. The highest BCUT2D eigenvalue weighted by Gasteiger charge is 2.18. The van der Waals surface area contributed by atoms with Crippen molar-refractivity contribution in [2.45, 2.75) is 87.1 Å². The lowest BCUT2D eigenvalue weighted by Crippen LogP contribution is -2.37. The summed E-state index contributed by atoms with van der Waals surface area (Å²) in [5.74, 6) is 0.967. The van der Waals surface area contributed by atoms with Crippen LogP contribution >= 0.6 is 0 Å². The summed E-state index contributed by atoms with van der Waals surface area (Å²) in [6.07, 6.45) is 4.71. The molecule has 0 saturated carbocycles. The van der Waals surface area contributed by atoms with Crippen molar-refractivity contribution in [3.8, 4) is 0 Å². The molecule has 132 valence electrons. The first kappa shape index (κ1) is 21.7. The third kappa shape index (κ3) is 9.43. The lowest BCUT2D eigenvalue weighted by atomic mass is 10.1. The number of aryl methyl sites for hydroxylation is 2. The van der Waals surface area contributed by atoms with Crippen LogP contribution in [0.25, 0.3) is 0 Å². The Labute approximate surface area is 144 Å². The van der Waals surface area contributed by atoms with Crippen molar-refractivity contribution < 1.29 is 4.79 Å². The van der Waals surface area contributed by atoms with Crippen LogP contribution in [0, 0.1) is 19.8 Å². The summed E-state index contributed by atoms with van der Waals surface area (Å²) < 4.78 is 0. The summed E-state index contributed by atoms with van der Waals surface area (Å²) in [5.41, 5.74) is 3.46. The van der Waals surface area contributed by atoms with Gasteiger partial charge >= 0.3 is 0 Å². The number of carbonyl (C=O) groups is 1. The number of anilines is 1. The van der Waals surface area contributed by atoms with E-state index in [4.69, 9.17) is 0 Å². The Morgan fingerprint density at radius 3 is 1.87 bits per heavy atom. The first-order valence-corrected chi connectivity index (χ1v) is 9.07. The fourth-order valence-corrected chi connectivity index (χ4v) is 2.66. The standard InChI is InChI=1S/C17H27NO.C4H10/c1-6-7-8-9-15(4)18(16(5)19)17-11-13(2)10-14(3)12-17;1-4(2)3/h10-12,15H,6-9H2,1-5H3;4H,1-3H3. The molecule has 23 heavy (non-hydrogen) atoms. The Hall–Kier alpha value is -1.31. The van der Waals surface area contributed by atoms with Gasteiger partial charge in [-0.25, -0.2) is 0 Å². The molecular formula is C21H37NO. The quantitative estimate of drug-likeness (QED) is 0.564. The Morgan fingerprint density at radius 2 is 1.48 bits per heavy atom. The second kappa shape index (κ2) is 11.3. The largest absolute Gasteiger partial charge is 0.310 e. The van der Waals surface area contributed by atoms with Gasteiger partial charge in [-0.05, 0) is 56.4 Å². The van der Waals surface area contributed by atoms with Gasteiger partial charge in [-0.2, -0.15) is 0 Å². The molecule has 0 N–H and O–H groups in total. The average molecular weight is 320 g/mol. The normalized spacial score (nSPS) is 11.7. The van der Waals surface area contributed by atoms with Crippen molar-refractivity contribution in [1.29, 1.82) is 0 Å².